The van der Waals surface area contributed by atoms with Gasteiger partial charge in [0.15, 0.2) is 5.60 Å². The fraction of sp³-hybridized carbons (Fsp3) is 0.833. The Morgan fingerprint density at radius 2 is 1.53 bits per heavy atom. The van der Waals surface area contributed by atoms with Crippen molar-refractivity contribution in [2.75, 3.05) is 19.8 Å². The van der Waals surface area contributed by atoms with Gasteiger partial charge in [0, 0.05) is 41.5 Å². The summed E-state index contributed by atoms with van der Waals surface area (Å²) in [7, 11) is 0. The maximum Gasteiger partial charge on any atom is 0.226 e. The molecule has 1 unspecified atom stereocenters. The van der Waals surface area contributed by atoms with E-state index in [0.29, 0.717) is 0 Å². The summed E-state index contributed by atoms with van der Waals surface area (Å²) in [5.74, 6) is -2.34. The van der Waals surface area contributed by atoms with Crippen molar-refractivity contribution in [1.29, 1.82) is 0 Å². The molecular weight excluding hydrogens is 288 g/mol. The minimum Gasteiger partial charge on any atom is -0.546 e. The molecule has 0 amide bonds. The molecule has 0 spiro atoms. The van der Waals surface area contributed by atoms with Crippen molar-refractivity contribution >= 4 is 11.8 Å². The van der Waals surface area contributed by atoms with E-state index in [1.165, 1.54) is 6.92 Å². The summed E-state index contributed by atoms with van der Waals surface area (Å²) >= 11 is 0. The van der Waals surface area contributed by atoms with Crippen molar-refractivity contribution in [3.63, 3.8) is 0 Å². The van der Waals surface area contributed by atoms with E-state index in [2.05, 4.69) is 0 Å². The van der Waals surface area contributed by atoms with Gasteiger partial charge in [0.2, 0.25) is 12.1 Å². The standard InChI is InChI=1S/C12H22O6.Ti/c1-5-12(11(14)15,18-8-4)9(13)10(16-6-2)17-7-3;/h10H,5-8H2,1-4H3,(H,14,15);/p-1. The number of hydrogen-bond acceptors (Lipinski definition) is 6. The smallest absolute Gasteiger partial charge is 0.226 e. The van der Waals surface area contributed by atoms with Gasteiger partial charge in [-0.25, -0.2) is 0 Å². The molecule has 0 saturated carbocycles. The Labute approximate surface area is 128 Å². The quantitative estimate of drug-likeness (QED) is 0.318. The molecular formula is C12H21O6Ti-. The first-order valence-electron chi connectivity index (χ1n) is 6.12. The molecule has 0 aromatic carbocycles. The third kappa shape index (κ3) is 5.32. The molecule has 0 aromatic heterocycles. The van der Waals surface area contributed by atoms with Gasteiger partial charge in [0.1, 0.15) is 0 Å². The maximum atomic E-state index is 12.2. The monoisotopic (exact) mass is 309 g/mol. The van der Waals surface area contributed by atoms with Crippen LogP contribution in [0, 0.1) is 0 Å². The third-order valence-electron chi connectivity index (χ3n) is 2.47. The van der Waals surface area contributed by atoms with Crippen molar-refractivity contribution in [1.82, 2.24) is 0 Å². The minimum atomic E-state index is -2.01. The topological polar surface area (TPSA) is 84.9 Å². The van der Waals surface area contributed by atoms with Crippen LogP contribution in [0.2, 0.25) is 0 Å². The summed E-state index contributed by atoms with van der Waals surface area (Å²) in [6, 6.07) is 0. The van der Waals surface area contributed by atoms with E-state index in [0.717, 1.165) is 0 Å². The number of carbonyl (C=O) groups is 2. The first kappa shape index (κ1) is 21.0. The van der Waals surface area contributed by atoms with Crippen LogP contribution >= 0.6 is 0 Å². The Bertz CT molecular complexity index is 277. The number of Topliss-reactive ketones (excluding diaryl/α,β-unsaturated/α-hetero) is 1. The van der Waals surface area contributed by atoms with Crippen LogP contribution in [-0.2, 0) is 45.5 Å². The Balaban J connectivity index is 0. The average Bonchev–Trinajstić information content (AvgIpc) is 2.34. The molecule has 0 radical (unpaired) electrons. The van der Waals surface area contributed by atoms with Gasteiger partial charge in [-0.1, -0.05) is 6.92 Å². The third-order valence-corrected chi connectivity index (χ3v) is 2.47. The van der Waals surface area contributed by atoms with E-state index in [4.69, 9.17) is 14.2 Å². The van der Waals surface area contributed by atoms with Crippen LogP contribution < -0.4 is 5.11 Å². The van der Waals surface area contributed by atoms with Crippen LogP contribution in [0.4, 0.5) is 0 Å². The minimum absolute atomic E-state index is 0. The van der Waals surface area contributed by atoms with Gasteiger partial charge in [-0.05, 0) is 27.2 Å². The second-order valence-electron chi connectivity index (χ2n) is 3.51. The first-order valence-corrected chi connectivity index (χ1v) is 6.12. The van der Waals surface area contributed by atoms with Crippen molar-refractivity contribution < 1.29 is 50.6 Å². The molecule has 7 heteroatoms. The van der Waals surface area contributed by atoms with Gasteiger partial charge in [0.05, 0.1) is 5.97 Å². The number of ether oxygens (including phenoxy) is 3. The Kier molecular flexibility index (Phi) is 11.6. The fourth-order valence-electron chi connectivity index (χ4n) is 1.59. The summed E-state index contributed by atoms with van der Waals surface area (Å²) < 4.78 is 15.3. The molecule has 0 aliphatic heterocycles. The zero-order valence-corrected chi connectivity index (χ0v) is 13.4. The molecule has 0 bridgehead atoms. The maximum absolute atomic E-state index is 12.2. The second kappa shape index (κ2) is 10.5. The predicted molar refractivity (Wildman–Crippen MR) is 61.7 cm³/mol. The van der Waals surface area contributed by atoms with Crippen LogP contribution in [0.15, 0.2) is 0 Å². The van der Waals surface area contributed by atoms with Crippen molar-refractivity contribution in [2.45, 2.75) is 46.0 Å². The van der Waals surface area contributed by atoms with Crippen LogP contribution in [0.5, 0.6) is 0 Å². The summed E-state index contributed by atoms with van der Waals surface area (Å²) in [6.45, 7) is 7.07. The largest absolute Gasteiger partial charge is 0.546 e. The number of rotatable bonds is 10. The van der Waals surface area contributed by atoms with E-state index < -0.39 is 23.6 Å². The Hall–Kier alpha value is -0.266. The molecule has 0 heterocycles. The van der Waals surface area contributed by atoms with Crippen LogP contribution in [0.3, 0.4) is 0 Å². The first-order chi connectivity index (χ1) is 8.49. The number of hydrogen-bond donors (Lipinski definition) is 0. The molecule has 1 atom stereocenters. The molecule has 0 aromatic rings. The summed E-state index contributed by atoms with van der Waals surface area (Å²) in [4.78, 5) is 23.4. The van der Waals surface area contributed by atoms with Gasteiger partial charge in [0.25, 0.3) is 0 Å². The van der Waals surface area contributed by atoms with Gasteiger partial charge >= 0.3 is 0 Å². The number of carboxylic acid groups (broad SMARTS) is 1. The van der Waals surface area contributed by atoms with Gasteiger partial charge in [-0.15, -0.1) is 0 Å². The molecule has 0 fully saturated rings. The van der Waals surface area contributed by atoms with Crippen LogP contribution in [0.1, 0.15) is 34.1 Å². The normalized spacial score (nSPS) is 13.7. The fourth-order valence-corrected chi connectivity index (χ4v) is 1.59. The van der Waals surface area contributed by atoms with Gasteiger partial charge < -0.3 is 24.1 Å². The SMILES string of the molecule is CCOC(OCC)C(=O)C(CC)(OCC)C(=O)[O-].[Ti]. The van der Waals surface area contributed by atoms with Crippen molar-refractivity contribution in [3.05, 3.63) is 0 Å². The number of carbonyl (C=O) groups excluding carboxylic acids is 2. The molecule has 6 nitrogen and oxygen atoms in total. The van der Waals surface area contributed by atoms with E-state index in [1.807, 2.05) is 0 Å². The van der Waals surface area contributed by atoms with E-state index in [-0.39, 0.29) is 48.0 Å². The van der Waals surface area contributed by atoms with Crippen LogP contribution in [-0.4, -0.2) is 43.5 Å². The summed E-state index contributed by atoms with van der Waals surface area (Å²) in [5, 5.41) is 11.2. The molecule has 0 N–H and O–H groups in total. The number of aliphatic carboxylic acids is 1. The summed E-state index contributed by atoms with van der Waals surface area (Å²) in [5.41, 5.74) is -2.01. The molecule has 0 aliphatic carbocycles. The Morgan fingerprint density at radius 1 is 1.05 bits per heavy atom. The molecule has 0 rings (SSSR count). The number of carboxylic acids is 1. The van der Waals surface area contributed by atoms with Gasteiger partial charge in [-0.2, -0.15) is 0 Å². The molecule has 110 valence electrons. The van der Waals surface area contributed by atoms with E-state index in [9.17, 15) is 14.7 Å². The number of ketones is 1. The predicted octanol–water partition coefficient (Wildman–Crippen LogP) is -0.113. The van der Waals surface area contributed by atoms with Gasteiger partial charge in [-0.3, -0.25) is 4.79 Å². The van der Waals surface area contributed by atoms with Crippen molar-refractivity contribution in [3.8, 4) is 0 Å². The zero-order valence-electron chi connectivity index (χ0n) is 11.9. The van der Waals surface area contributed by atoms with E-state index in [1.54, 1.807) is 20.8 Å². The average molecular weight is 309 g/mol. The second-order valence-corrected chi connectivity index (χ2v) is 3.51. The zero-order chi connectivity index (χ0) is 14.2. The van der Waals surface area contributed by atoms with E-state index >= 15 is 0 Å². The molecule has 19 heavy (non-hydrogen) atoms. The Morgan fingerprint density at radius 3 is 1.79 bits per heavy atom. The summed E-state index contributed by atoms with van der Waals surface area (Å²) in [6.07, 6.45) is -1.29. The van der Waals surface area contributed by atoms with Crippen molar-refractivity contribution in [2.24, 2.45) is 0 Å². The molecule has 0 aliphatic rings. The van der Waals surface area contributed by atoms with Crippen LogP contribution in [0.25, 0.3) is 0 Å². The molecule has 0 saturated heterocycles.